The number of aromatic nitrogens is 5. The summed E-state index contributed by atoms with van der Waals surface area (Å²) in [5.41, 5.74) is 7.20. The summed E-state index contributed by atoms with van der Waals surface area (Å²) < 4.78 is 0. The van der Waals surface area contributed by atoms with E-state index in [2.05, 4.69) is 44.2 Å². The third-order valence-electron chi connectivity index (χ3n) is 4.92. The highest BCUT2D eigenvalue weighted by Crippen LogP contribution is 2.24. The molecule has 0 amide bonds. The van der Waals surface area contributed by atoms with Gasteiger partial charge in [0.25, 0.3) is 0 Å². The molecular weight excluding hydrogens is 338 g/mol. The third-order valence-corrected chi connectivity index (χ3v) is 4.92. The van der Waals surface area contributed by atoms with E-state index in [0.717, 1.165) is 45.5 Å². The lowest BCUT2D eigenvalue weighted by molar-refractivity contribution is 0.0987. The monoisotopic (exact) mass is 359 g/mol. The van der Waals surface area contributed by atoms with Gasteiger partial charge in [0.2, 0.25) is 0 Å². The van der Waals surface area contributed by atoms with Crippen LogP contribution < -0.4 is 0 Å². The van der Waals surface area contributed by atoms with E-state index in [0.29, 0.717) is 5.69 Å². The van der Waals surface area contributed by atoms with Crippen LogP contribution in [0.1, 0.15) is 39.8 Å². The highest BCUT2D eigenvalue weighted by molar-refractivity contribution is 5.97. The van der Waals surface area contributed by atoms with Gasteiger partial charge in [0.15, 0.2) is 5.78 Å². The number of aryl methyl sites for hydroxylation is 2. The Hall–Kier alpha value is -3.28. The molecular formula is C21H21N5O. The van der Waals surface area contributed by atoms with Gasteiger partial charge in [0, 0.05) is 52.9 Å². The van der Waals surface area contributed by atoms with E-state index in [-0.39, 0.29) is 12.2 Å². The van der Waals surface area contributed by atoms with E-state index >= 15 is 0 Å². The van der Waals surface area contributed by atoms with Gasteiger partial charge in [0.05, 0.1) is 0 Å². The van der Waals surface area contributed by atoms with Crippen LogP contribution in [0.3, 0.4) is 0 Å². The zero-order valence-corrected chi connectivity index (χ0v) is 15.6. The Balaban J connectivity index is 1.62. The van der Waals surface area contributed by atoms with Crippen LogP contribution in [0.25, 0.3) is 22.3 Å². The third kappa shape index (κ3) is 3.26. The number of carbonyl (C=O) groups is 1. The zero-order valence-electron chi connectivity index (χ0n) is 15.6. The molecule has 0 spiro atoms. The number of ketones is 1. The van der Waals surface area contributed by atoms with Gasteiger partial charge in [0.1, 0.15) is 11.3 Å². The van der Waals surface area contributed by atoms with Crippen LogP contribution in [0.2, 0.25) is 0 Å². The van der Waals surface area contributed by atoms with E-state index in [4.69, 9.17) is 0 Å². The molecule has 4 rings (SSSR count). The number of nitrogens with zero attached hydrogens (tertiary/aromatic N) is 3. The number of fused-ring (bicyclic) bond motifs is 1. The minimum absolute atomic E-state index is 0.00592. The van der Waals surface area contributed by atoms with E-state index < -0.39 is 0 Å². The van der Waals surface area contributed by atoms with Crippen LogP contribution in [0, 0.1) is 13.8 Å². The number of hydrogen-bond acceptors (Lipinski definition) is 4. The second kappa shape index (κ2) is 6.79. The molecule has 2 N–H and O–H groups in total. The molecule has 0 radical (unpaired) electrons. The second-order valence-corrected chi connectivity index (χ2v) is 6.82. The predicted molar refractivity (Wildman–Crippen MR) is 105 cm³/mol. The number of nitrogens with one attached hydrogen (secondary N) is 2. The van der Waals surface area contributed by atoms with Gasteiger partial charge in [-0.15, -0.1) is 0 Å². The molecule has 27 heavy (non-hydrogen) atoms. The molecule has 6 heteroatoms. The van der Waals surface area contributed by atoms with Crippen molar-refractivity contribution in [2.24, 2.45) is 0 Å². The molecule has 0 aliphatic rings. The average molecular weight is 359 g/mol. The minimum atomic E-state index is -0.00592. The molecule has 6 nitrogen and oxygen atoms in total. The fraction of sp³-hybridized carbons (Fsp3) is 0.238. The maximum absolute atomic E-state index is 12.6. The normalized spacial score (nSPS) is 11.2. The number of H-pyrrole nitrogens is 2. The van der Waals surface area contributed by atoms with Gasteiger partial charge in [-0.25, -0.2) is 4.98 Å². The molecule has 0 bridgehead atoms. The van der Waals surface area contributed by atoms with Crippen molar-refractivity contribution in [3.05, 3.63) is 64.9 Å². The molecule has 0 aliphatic carbocycles. The van der Waals surface area contributed by atoms with E-state index in [1.165, 1.54) is 5.56 Å². The van der Waals surface area contributed by atoms with E-state index in [1.807, 2.05) is 32.3 Å². The average Bonchev–Trinajstić information content (AvgIpc) is 3.25. The molecule has 4 heterocycles. The van der Waals surface area contributed by atoms with Gasteiger partial charge in [-0.05, 0) is 49.6 Å². The molecule has 0 saturated heterocycles. The molecule has 0 unspecified atom stereocenters. The maximum atomic E-state index is 12.6. The number of aromatic amines is 2. The Kier molecular flexibility index (Phi) is 4.32. The smallest absolute Gasteiger partial charge is 0.187 e. The van der Waals surface area contributed by atoms with Crippen LogP contribution in [-0.2, 0) is 12.8 Å². The molecule has 4 aromatic rings. The molecule has 0 aliphatic heterocycles. The zero-order chi connectivity index (χ0) is 19.0. The van der Waals surface area contributed by atoms with Crippen molar-refractivity contribution >= 4 is 16.8 Å². The standard InChI is InChI=1S/C21H21N5O/c1-4-14-5-17(11-22-9-14)18-8-16-6-15(10-23-21(16)24-18)7-19(27)20-12(2)13(3)25-26-20/h5-6,8-11H,4,7H2,1-3H3,(H,23,24)(H,25,26). The molecule has 0 atom stereocenters. The first kappa shape index (κ1) is 17.1. The topological polar surface area (TPSA) is 87.3 Å². The van der Waals surface area contributed by atoms with Gasteiger partial charge in [-0.2, -0.15) is 5.10 Å². The number of Topliss-reactive ketones (excluding diaryl/α,β-unsaturated/α-hetero) is 1. The Morgan fingerprint density at radius 1 is 1.07 bits per heavy atom. The van der Waals surface area contributed by atoms with Crippen LogP contribution in [-0.4, -0.2) is 30.9 Å². The van der Waals surface area contributed by atoms with Crippen molar-refractivity contribution in [3.8, 4) is 11.3 Å². The largest absolute Gasteiger partial charge is 0.339 e. The highest BCUT2D eigenvalue weighted by Gasteiger charge is 2.16. The Bertz CT molecular complexity index is 1140. The summed E-state index contributed by atoms with van der Waals surface area (Å²) in [5.74, 6) is -0.00592. The van der Waals surface area contributed by atoms with Crippen LogP contribution in [0.15, 0.2) is 36.8 Å². The predicted octanol–water partition coefficient (Wildman–Crippen LogP) is 3.95. The molecule has 0 fully saturated rings. The molecule has 0 saturated carbocycles. The summed E-state index contributed by atoms with van der Waals surface area (Å²) in [6.45, 7) is 5.93. The van der Waals surface area contributed by atoms with Crippen molar-refractivity contribution in [2.45, 2.75) is 33.6 Å². The summed E-state index contributed by atoms with van der Waals surface area (Å²) in [4.78, 5) is 24.7. The van der Waals surface area contributed by atoms with E-state index in [9.17, 15) is 4.79 Å². The fourth-order valence-electron chi connectivity index (χ4n) is 3.17. The van der Waals surface area contributed by atoms with Gasteiger partial charge in [-0.3, -0.25) is 14.9 Å². The number of hydrogen-bond donors (Lipinski definition) is 2. The first-order valence-electron chi connectivity index (χ1n) is 9.02. The van der Waals surface area contributed by atoms with Crippen LogP contribution in [0.4, 0.5) is 0 Å². The second-order valence-electron chi connectivity index (χ2n) is 6.82. The molecule has 136 valence electrons. The number of carbonyl (C=O) groups excluding carboxylic acids is 1. The van der Waals surface area contributed by atoms with Gasteiger partial charge in [-0.1, -0.05) is 6.92 Å². The van der Waals surface area contributed by atoms with Crippen molar-refractivity contribution in [3.63, 3.8) is 0 Å². The molecule has 0 aromatic carbocycles. The van der Waals surface area contributed by atoms with Crippen LogP contribution >= 0.6 is 0 Å². The first-order valence-corrected chi connectivity index (χ1v) is 9.02. The van der Waals surface area contributed by atoms with Crippen molar-refractivity contribution in [1.29, 1.82) is 0 Å². The van der Waals surface area contributed by atoms with Gasteiger partial charge < -0.3 is 4.98 Å². The lowest BCUT2D eigenvalue weighted by atomic mass is 10.0. The highest BCUT2D eigenvalue weighted by atomic mass is 16.1. The minimum Gasteiger partial charge on any atom is -0.339 e. The summed E-state index contributed by atoms with van der Waals surface area (Å²) in [6, 6.07) is 6.19. The summed E-state index contributed by atoms with van der Waals surface area (Å²) in [5, 5.41) is 7.97. The first-order chi connectivity index (χ1) is 13.0. The summed E-state index contributed by atoms with van der Waals surface area (Å²) >= 11 is 0. The maximum Gasteiger partial charge on any atom is 0.187 e. The van der Waals surface area contributed by atoms with Gasteiger partial charge >= 0.3 is 0 Å². The SMILES string of the molecule is CCc1cncc(-c2cc3cc(CC(=O)c4n[nH]c(C)c4C)cnc3[nH]2)c1. The lowest BCUT2D eigenvalue weighted by Crippen LogP contribution is -2.06. The summed E-state index contributed by atoms with van der Waals surface area (Å²) in [7, 11) is 0. The van der Waals surface area contributed by atoms with Crippen LogP contribution in [0.5, 0.6) is 0 Å². The Morgan fingerprint density at radius 2 is 1.93 bits per heavy atom. The van der Waals surface area contributed by atoms with Crippen molar-refractivity contribution in [1.82, 2.24) is 25.1 Å². The number of pyridine rings is 2. The van der Waals surface area contributed by atoms with Crippen molar-refractivity contribution in [2.75, 3.05) is 0 Å². The van der Waals surface area contributed by atoms with E-state index in [1.54, 1.807) is 6.20 Å². The quantitative estimate of drug-likeness (QED) is 0.528. The lowest BCUT2D eigenvalue weighted by Gasteiger charge is -2.00. The fourth-order valence-corrected chi connectivity index (χ4v) is 3.17. The summed E-state index contributed by atoms with van der Waals surface area (Å²) in [6.07, 6.45) is 6.69. The van der Waals surface area contributed by atoms with Crippen molar-refractivity contribution < 1.29 is 4.79 Å². The Labute approximate surface area is 157 Å². The number of rotatable bonds is 5. The molecule has 4 aromatic heterocycles. The Morgan fingerprint density at radius 3 is 2.67 bits per heavy atom.